The molecule has 18 heavy (non-hydrogen) atoms. The molecule has 1 aliphatic carbocycles. The highest BCUT2D eigenvalue weighted by Crippen LogP contribution is 2.25. The molecule has 0 aromatic heterocycles. The van der Waals surface area contributed by atoms with Crippen LogP contribution >= 0.6 is 0 Å². The maximum absolute atomic E-state index is 11.8. The Bertz CT molecular complexity index is 268. The third-order valence-electron chi connectivity index (χ3n) is 4.43. The number of hydrogen-bond acceptors (Lipinski definition) is 3. The van der Waals surface area contributed by atoms with Crippen molar-refractivity contribution in [1.29, 1.82) is 0 Å². The Morgan fingerprint density at radius 3 is 2.78 bits per heavy atom. The number of nitrogens with one attached hydrogen (secondary N) is 2. The molecular weight excluding hydrogens is 226 g/mol. The van der Waals surface area contributed by atoms with Crippen LogP contribution in [0.2, 0.25) is 0 Å². The van der Waals surface area contributed by atoms with Gasteiger partial charge < -0.3 is 16.4 Å². The van der Waals surface area contributed by atoms with Crippen LogP contribution < -0.4 is 16.4 Å². The van der Waals surface area contributed by atoms with E-state index in [9.17, 15) is 4.79 Å². The summed E-state index contributed by atoms with van der Waals surface area (Å²) in [5.41, 5.74) is 6.16. The van der Waals surface area contributed by atoms with Gasteiger partial charge in [0.2, 0.25) is 5.91 Å². The lowest BCUT2D eigenvalue weighted by atomic mass is 9.82. The third kappa shape index (κ3) is 4.25. The van der Waals surface area contributed by atoms with Crippen LogP contribution in [0.4, 0.5) is 0 Å². The molecule has 1 heterocycles. The standard InChI is InChI=1S/C14H27N3O/c15-14(7-2-1-3-8-14)11-17-13(18)5-4-12-6-9-16-10-12/h12,16H,1-11,15H2,(H,17,18). The Morgan fingerprint density at radius 2 is 2.11 bits per heavy atom. The van der Waals surface area contributed by atoms with Gasteiger partial charge in [-0.05, 0) is 44.7 Å². The predicted octanol–water partition coefficient (Wildman–Crippen LogP) is 1.15. The molecule has 104 valence electrons. The Balaban J connectivity index is 1.61. The first kappa shape index (κ1) is 13.8. The summed E-state index contributed by atoms with van der Waals surface area (Å²) in [6, 6.07) is 0. The summed E-state index contributed by atoms with van der Waals surface area (Å²) in [6.45, 7) is 2.85. The lowest BCUT2D eigenvalue weighted by Gasteiger charge is -2.33. The molecule has 2 fully saturated rings. The van der Waals surface area contributed by atoms with E-state index in [2.05, 4.69) is 10.6 Å². The van der Waals surface area contributed by atoms with Crippen molar-refractivity contribution >= 4 is 5.91 Å². The highest BCUT2D eigenvalue weighted by Gasteiger charge is 2.27. The molecule has 1 atom stereocenters. The van der Waals surface area contributed by atoms with Gasteiger partial charge in [-0.1, -0.05) is 19.3 Å². The SMILES string of the molecule is NC1(CNC(=O)CCC2CCNC2)CCCCC1. The van der Waals surface area contributed by atoms with Crippen molar-refractivity contribution in [3.63, 3.8) is 0 Å². The second-order valence-electron chi connectivity index (χ2n) is 6.10. The summed E-state index contributed by atoms with van der Waals surface area (Å²) in [7, 11) is 0. The minimum Gasteiger partial charge on any atom is -0.354 e. The molecule has 0 aromatic carbocycles. The van der Waals surface area contributed by atoms with E-state index in [1.165, 1.54) is 25.7 Å². The molecule has 1 amide bonds. The van der Waals surface area contributed by atoms with Gasteiger partial charge in [-0.3, -0.25) is 4.79 Å². The summed E-state index contributed by atoms with van der Waals surface area (Å²) in [5, 5.41) is 6.37. The van der Waals surface area contributed by atoms with Crippen LogP contribution in [0.3, 0.4) is 0 Å². The molecule has 0 bridgehead atoms. The van der Waals surface area contributed by atoms with Gasteiger partial charge in [0.1, 0.15) is 0 Å². The van der Waals surface area contributed by atoms with Gasteiger partial charge in [-0.15, -0.1) is 0 Å². The van der Waals surface area contributed by atoms with Crippen LogP contribution in [0.25, 0.3) is 0 Å². The molecule has 4 N–H and O–H groups in total. The fourth-order valence-corrected chi connectivity index (χ4v) is 3.09. The van der Waals surface area contributed by atoms with Gasteiger partial charge in [0.15, 0.2) is 0 Å². The van der Waals surface area contributed by atoms with Crippen LogP contribution in [0.5, 0.6) is 0 Å². The number of hydrogen-bond donors (Lipinski definition) is 3. The second kappa shape index (κ2) is 6.53. The molecule has 2 rings (SSSR count). The summed E-state index contributed by atoms with van der Waals surface area (Å²) in [5.74, 6) is 0.870. The summed E-state index contributed by atoms with van der Waals surface area (Å²) in [4.78, 5) is 11.8. The predicted molar refractivity (Wildman–Crippen MR) is 73.2 cm³/mol. The zero-order valence-electron chi connectivity index (χ0n) is 11.3. The van der Waals surface area contributed by atoms with Crippen LogP contribution in [-0.4, -0.2) is 31.1 Å². The fraction of sp³-hybridized carbons (Fsp3) is 0.929. The topological polar surface area (TPSA) is 67.1 Å². The molecule has 0 aromatic rings. The molecule has 1 unspecified atom stereocenters. The zero-order valence-corrected chi connectivity index (χ0v) is 11.3. The number of nitrogens with two attached hydrogens (primary N) is 1. The molecular formula is C14H27N3O. The van der Waals surface area contributed by atoms with Crippen molar-refractivity contribution < 1.29 is 4.79 Å². The van der Waals surface area contributed by atoms with E-state index in [-0.39, 0.29) is 11.4 Å². The molecule has 0 spiro atoms. The largest absolute Gasteiger partial charge is 0.354 e. The number of amides is 1. The molecule has 2 aliphatic rings. The Kier molecular flexibility index (Phi) is 5.01. The van der Waals surface area contributed by atoms with E-state index in [1.807, 2.05) is 0 Å². The van der Waals surface area contributed by atoms with Crippen molar-refractivity contribution in [1.82, 2.24) is 10.6 Å². The van der Waals surface area contributed by atoms with Gasteiger partial charge >= 0.3 is 0 Å². The molecule has 1 saturated heterocycles. The van der Waals surface area contributed by atoms with Crippen LogP contribution in [0.15, 0.2) is 0 Å². The number of rotatable bonds is 5. The van der Waals surface area contributed by atoms with Crippen molar-refractivity contribution in [2.75, 3.05) is 19.6 Å². The van der Waals surface area contributed by atoms with Crippen molar-refractivity contribution in [3.05, 3.63) is 0 Å². The van der Waals surface area contributed by atoms with Crippen molar-refractivity contribution in [2.45, 2.75) is 56.9 Å². The summed E-state index contributed by atoms with van der Waals surface area (Å²) >= 11 is 0. The van der Waals surface area contributed by atoms with Crippen LogP contribution in [0, 0.1) is 5.92 Å². The van der Waals surface area contributed by atoms with E-state index in [1.54, 1.807) is 0 Å². The Hall–Kier alpha value is -0.610. The third-order valence-corrected chi connectivity index (χ3v) is 4.43. The maximum Gasteiger partial charge on any atom is 0.220 e. The lowest BCUT2D eigenvalue weighted by Crippen LogP contribution is -2.51. The first-order valence-corrected chi connectivity index (χ1v) is 7.44. The monoisotopic (exact) mass is 253 g/mol. The van der Waals surface area contributed by atoms with E-state index in [0.29, 0.717) is 18.9 Å². The minimum absolute atomic E-state index is 0.136. The van der Waals surface area contributed by atoms with E-state index in [4.69, 9.17) is 5.73 Å². The Morgan fingerprint density at radius 1 is 1.33 bits per heavy atom. The first-order valence-electron chi connectivity index (χ1n) is 7.44. The van der Waals surface area contributed by atoms with E-state index in [0.717, 1.165) is 32.4 Å². The molecule has 1 aliphatic heterocycles. The first-order chi connectivity index (χ1) is 8.68. The van der Waals surface area contributed by atoms with Gasteiger partial charge in [-0.2, -0.15) is 0 Å². The van der Waals surface area contributed by atoms with Gasteiger partial charge in [0.05, 0.1) is 0 Å². The van der Waals surface area contributed by atoms with Crippen molar-refractivity contribution in [3.8, 4) is 0 Å². The van der Waals surface area contributed by atoms with E-state index < -0.39 is 0 Å². The minimum atomic E-state index is -0.136. The number of carbonyl (C=O) groups excluding carboxylic acids is 1. The maximum atomic E-state index is 11.8. The lowest BCUT2D eigenvalue weighted by molar-refractivity contribution is -0.121. The highest BCUT2D eigenvalue weighted by atomic mass is 16.1. The van der Waals surface area contributed by atoms with Crippen LogP contribution in [-0.2, 0) is 4.79 Å². The van der Waals surface area contributed by atoms with Gasteiger partial charge in [-0.25, -0.2) is 0 Å². The normalized spacial score (nSPS) is 27.1. The van der Waals surface area contributed by atoms with Gasteiger partial charge in [0.25, 0.3) is 0 Å². The van der Waals surface area contributed by atoms with E-state index >= 15 is 0 Å². The Labute approximate surface area is 110 Å². The number of carbonyl (C=O) groups is 1. The van der Waals surface area contributed by atoms with Crippen molar-refractivity contribution in [2.24, 2.45) is 11.7 Å². The molecule has 1 saturated carbocycles. The van der Waals surface area contributed by atoms with Crippen LogP contribution in [0.1, 0.15) is 51.4 Å². The van der Waals surface area contributed by atoms with Gasteiger partial charge in [0, 0.05) is 18.5 Å². The molecule has 4 heteroatoms. The summed E-state index contributed by atoms with van der Waals surface area (Å²) in [6.07, 6.45) is 8.70. The smallest absolute Gasteiger partial charge is 0.220 e. The quantitative estimate of drug-likeness (QED) is 0.688. The molecule has 0 radical (unpaired) electrons. The fourth-order valence-electron chi connectivity index (χ4n) is 3.09. The zero-order chi connectivity index (χ0) is 12.8. The highest BCUT2D eigenvalue weighted by molar-refractivity contribution is 5.75. The average molecular weight is 253 g/mol. The average Bonchev–Trinajstić information content (AvgIpc) is 2.88. The second-order valence-corrected chi connectivity index (χ2v) is 6.10. The molecule has 4 nitrogen and oxygen atoms in total. The summed E-state index contributed by atoms with van der Waals surface area (Å²) < 4.78 is 0.